The minimum Gasteiger partial charge on any atom is -0.494 e. The monoisotopic (exact) mass is 270 g/mol. The van der Waals surface area contributed by atoms with E-state index >= 15 is 0 Å². The fourth-order valence-electron chi connectivity index (χ4n) is 1.89. The molecule has 0 radical (unpaired) electrons. The maximum Gasteiger partial charge on any atom is 0.167 e. The zero-order valence-corrected chi connectivity index (χ0v) is 12.0. The number of nitrogens with one attached hydrogen (secondary N) is 1. The Kier molecular flexibility index (Phi) is 5.00. The largest absolute Gasteiger partial charge is 0.494 e. The maximum absolute atomic E-state index is 13.5. The van der Waals surface area contributed by atoms with Crippen molar-refractivity contribution in [3.8, 4) is 5.75 Å². The molecule has 0 amide bonds. The molecule has 0 saturated carbocycles. The Morgan fingerprint density at radius 2 is 2.05 bits per heavy atom. The van der Waals surface area contributed by atoms with Gasteiger partial charge >= 0.3 is 0 Å². The highest BCUT2D eigenvalue weighted by Crippen LogP contribution is 2.32. The van der Waals surface area contributed by atoms with E-state index in [-0.39, 0.29) is 23.8 Å². The molecule has 0 bridgehead atoms. The Labute approximate surface area is 113 Å². The Bertz CT molecular complexity index is 430. The maximum atomic E-state index is 13.5. The van der Waals surface area contributed by atoms with Gasteiger partial charge in [0.25, 0.3) is 0 Å². The first kappa shape index (κ1) is 15.6. The van der Waals surface area contributed by atoms with Crippen LogP contribution in [0.1, 0.15) is 27.2 Å². The molecule has 1 unspecified atom stereocenters. The lowest BCUT2D eigenvalue weighted by molar-refractivity contribution is 0.235. The Balaban J connectivity index is 3.02. The van der Waals surface area contributed by atoms with Crippen LogP contribution in [0, 0.1) is 11.2 Å². The van der Waals surface area contributed by atoms with Gasteiger partial charge in [-0.15, -0.1) is 0 Å². The third kappa shape index (κ3) is 3.99. The molecule has 19 heavy (non-hydrogen) atoms. The van der Waals surface area contributed by atoms with Crippen molar-refractivity contribution >= 4 is 11.4 Å². The van der Waals surface area contributed by atoms with Crippen molar-refractivity contribution in [3.63, 3.8) is 0 Å². The molecule has 1 rings (SSSR count). The van der Waals surface area contributed by atoms with Crippen LogP contribution in [0.5, 0.6) is 5.75 Å². The van der Waals surface area contributed by atoms with Gasteiger partial charge in [-0.3, -0.25) is 0 Å². The second-order valence-corrected chi connectivity index (χ2v) is 5.65. The predicted molar refractivity (Wildman–Crippen MR) is 75.9 cm³/mol. The number of ether oxygens (including phenoxy) is 1. The number of nitrogens with two attached hydrogens (primary N) is 1. The summed E-state index contributed by atoms with van der Waals surface area (Å²) in [7, 11) is 1.41. The topological polar surface area (TPSA) is 67.5 Å². The van der Waals surface area contributed by atoms with Crippen molar-refractivity contribution in [1.82, 2.24) is 0 Å². The van der Waals surface area contributed by atoms with Crippen LogP contribution in [0.4, 0.5) is 15.8 Å². The van der Waals surface area contributed by atoms with E-state index in [1.54, 1.807) is 6.07 Å². The molecule has 5 heteroatoms. The first-order valence-corrected chi connectivity index (χ1v) is 6.30. The summed E-state index contributed by atoms with van der Waals surface area (Å²) < 4.78 is 18.4. The first-order valence-electron chi connectivity index (χ1n) is 6.30. The minimum absolute atomic E-state index is 0.0231. The van der Waals surface area contributed by atoms with Crippen LogP contribution in [0.25, 0.3) is 0 Å². The van der Waals surface area contributed by atoms with Gasteiger partial charge in [-0.05, 0) is 11.8 Å². The zero-order valence-electron chi connectivity index (χ0n) is 12.0. The number of hydrogen-bond donors (Lipinski definition) is 3. The van der Waals surface area contributed by atoms with Gasteiger partial charge in [-0.1, -0.05) is 20.8 Å². The second kappa shape index (κ2) is 6.10. The molecule has 108 valence electrons. The van der Waals surface area contributed by atoms with E-state index < -0.39 is 5.82 Å². The van der Waals surface area contributed by atoms with Gasteiger partial charge in [0.15, 0.2) is 11.6 Å². The average molecular weight is 270 g/mol. The quantitative estimate of drug-likeness (QED) is 0.719. The van der Waals surface area contributed by atoms with Crippen LogP contribution in [0.2, 0.25) is 0 Å². The van der Waals surface area contributed by atoms with Crippen molar-refractivity contribution in [3.05, 3.63) is 17.9 Å². The molecule has 4 nitrogen and oxygen atoms in total. The first-order chi connectivity index (χ1) is 8.79. The summed E-state index contributed by atoms with van der Waals surface area (Å²) in [5.74, 6) is -0.339. The molecule has 0 heterocycles. The van der Waals surface area contributed by atoms with Gasteiger partial charge in [0.05, 0.1) is 18.5 Å². The summed E-state index contributed by atoms with van der Waals surface area (Å²) >= 11 is 0. The Morgan fingerprint density at radius 1 is 1.42 bits per heavy atom. The summed E-state index contributed by atoms with van der Waals surface area (Å²) in [5.41, 5.74) is 6.70. The number of halogens is 1. The van der Waals surface area contributed by atoms with Crippen LogP contribution < -0.4 is 15.8 Å². The lowest BCUT2D eigenvalue weighted by Gasteiger charge is -2.32. The van der Waals surface area contributed by atoms with E-state index in [4.69, 9.17) is 15.6 Å². The third-order valence-electron chi connectivity index (χ3n) is 3.12. The summed E-state index contributed by atoms with van der Waals surface area (Å²) in [6, 6.07) is 2.80. The fraction of sp³-hybridized carbons (Fsp3) is 0.571. The zero-order chi connectivity index (χ0) is 14.6. The van der Waals surface area contributed by atoms with E-state index in [9.17, 15) is 4.39 Å². The molecule has 0 aliphatic rings. The molecular formula is C14H23FN2O2. The Morgan fingerprint density at radius 3 is 2.53 bits per heavy atom. The SMILES string of the molecule is COc1cc(NC(CCO)C(C)(C)C)c(N)cc1F. The van der Waals surface area contributed by atoms with Gasteiger partial charge in [0, 0.05) is 24.8 Å². The highest BCUT2D eigenvalue weighted by Gasteiger charge is 2.25. The molecule has 0 aliphatic carbocycles. The van der Waals surface area contributed by atoms with Crippen LogP contribution in [0.15, 0.2) is 12.1 Å². The van der Waals surface area contributed by atoms with Crippen LogP contribution in [-0.2, 0) is 0 Å². The van der Waals surface area contributed by atoms with E-state index in [2.05, 4.69) is 26.1 Å². The number of nitrogen functional groups attached to an aromatic ring is 1. The number of aliphatic hydroxyl groups excluding tert-OH is 1. The summed E-state index contributed by atoms with van der Waals surface area (Å²) in [4.78, 5) is 0. The highest BCUT2D eigenvalue weighted by molar-refractivity contribution is 5.69. The molecule has 1 atom stereocenters. The standard InChI is InChI=1S/C14H23FN2O2/c1-14(2,3)13(5-6-18)17-11-8-12(19-4)9(15)7-10(11)16/h7-8,13,17-18H,5-6,16H2,1-4H3. The van der Waals surface area contributed by atoms with Crippen LogP contribution >= 0.6 is 0 Å². The van der Waals surface area contributed by atoms with Crippen molar-refractivity contribution in [1.29, 1.82) is 0 Å². The van der Waals surface area contributed by atoms with Crippen molar-refractivity contribution in [2.24, 2.45) is 5.41 Å². The molecule has 0 spiro atoms. The number of hydrogen-bond acceptors (Lipinski definition) is 4. The highest BCUT2D eigenvalue weighted by atomic mass is 19.1. The van der Waals surface area contributed by atoms with Gasteiger partial charge in [-0.2, -0.15) is 0 Å². The summed E-state index contributed by atoms with van der Waals surface area (Å²) in [6.45, 7) is 6.28. The lowest BCUT2D eigenvalue weighted by Crippen LogP contribution is -2.35. The van der Waals surface area contributed by atoms with Crippen molar-refractivity contribution in [2.45, 2.75) is 33.2 Å². The number of aliphatic hydroxyl groups is 1. The van der Waals surface area contributed by atoms with Crippen molar-refractivity contribution in [2.75, 3.05) is 24.8 Å². The van der Waals surface area contributed by atoms with Gasteiger partial charge in [-0.25, -0.2) is 4.39 Å². The summed E-state index contributed by atoms with van der Waals surface area (Å²) in [5, 5.41) is 12.4. The second-order valence-electron chi connectivity index (χ2n) is 5.65. The third-order valence-corrected chi connectivity index (χ3v) is 3.12. The smallest absolute Gasteiger partial charge is 0.167 e. The van der Waals surface area contributed by atoms with E-state index in [0.29, 0.717) is 17.8 Å². The number of methoxy groups -OCH3 is 1. The molecule has 0 aromatic heterocycles. The van der Waals surface area contributed by atoms with Crippen LogP contribution in [-0.4, -0.2) is 24.9 Å². The van der Waals surface area contributed by atoms with E-state index in [1.807, 2.05) is 0 Å². The minimum atomic E-state index is -0.486. The fourth-order valence-corrected chi connectivity index (χ4v) is 1.89. The van der Waals surface area contributed by atoms with E-state index in [0.717, 1.165) is 0 Å². The van der Waals surface area contributed by atoms with Crippen molar-refractivity contribution < 1.29 is 14.2 Å². The molecule has 1 aromatic rings. The molecule has 0 fully saturated rings. The predicted octanol–water partition coefficient (Wildman–Crippen LogP) is 2.63. The number of anilines is 2. The normalized spacial score (nSPS) is 13.2. The molecule has 0 aliphatic heterocycles. The number of benzene rings is 1. The lowest BCUT2D eigenvalue weighted by atomic mass is 9.84. The van der Waals surface area contributed by atoms with Crippen LogP contribution in [0.3, 0.4) is 0 Å². The number of rotatable bonds is 5. The molecule has 1 aromatic carbocycles. The molecular weight excluding hydrogens is 247 g/mol. The van der Waals surface area contributed by atoms with Gasteiger partial charge in [0.2, 0.25) is 0 Å². The summed E-state index contributed by atoms with van der Waals surface area (Å²) in [6.07, 6.45) is 0.586. The molecule has 0 saturated heterocycles. The molecule has 4 N–H and O–H groups in total. The van der Waals surface area contributed by atoms with E-state index in [1.165, 1.54) is 13.2 Å². The average Bonchev–Trinajstić information content (AvgIpc) is 2.30. The Hall–Kier alpha value is -1.49. The van der Waals surface area contributed by atoms with Gasteiger partial charge in [0.1, 0.15) is 0 Å². The van der Waals surface area contributed by atoms with Gasteiger partial charge < -0.3 is 20.9 Å².